The van der Waals surface area contributed by atoms with E-state index in [1.165, 1.54) is 0 Å². The van der Waals surface area contributed by atoms with E-state index in [4.69, 9.17) is 0 Å². The number of nitrogens with one attached hydrogen (secondary N) is 1. The molecule has 1 aromatic carbocycles. The van der Waals surface area contributed by atoms with Crippen molar-refractivity contribution in [3.8, 4) is 0 Å². The monoisotopic (exact) mass is 358 g/mol. The molecule has 2 aliphatic rings. The number of likely N-dealkylation sites (tertiary alicyclic amines) is 1. The third-order valence-electron chi connectivity index (χ3n) is 5.44. The van der Waals surface area contributed by atoms with E-state index >= 15 is 0 Å². The number of nitrogens with zero attached hydrogens (tertiary/aromatic N) is 3. The minimum atomic E-state index is -0.174. The van der Waals surface area contributed by atoms with Crippen molar-refractivity contribution in [2.24, 2.45) is 0 Å². The Morgan fingerprint density at radius 2 is 1.77 bits per heavy atom. The van der Waals surface area contributed by atoms with Gasteiger partial charge in [0.1, 0.15) is 0 Å². The van der Waals surface area contributed by atoms with E-state index in [1.54, 1.807) is 0 Å². The largest absolute Gasteiger partial charge is 0.342 e. The molecular weight excluding hydrogens is 328 g/mol. The highest BCUT2D eigenvalue weighted by atomic mass is 16.2. The number of benzene rings is 1. The van der Waals surface area contributed by atoms with Gasteiger partial charge in [-0.3, -0.25) is 19.4 Å². The Hall–Kier alpha value is -1.92. The lowest BCUT2D eigenvalue weighted by atomic mass is 10.2. The zero-order valence-electron chi connectivity index (χ0n) is 15.9. The fraction of sp³-hybridized carbons (Fsp3) is 0.600. The fourth-order valence-electron chi connectivity index (χ4n) is 3.70. The molecule has 1 N–H and O–H groups in total. The van der Waals surface area contributed by atoms with Crippen molar-refractivity contribution < 1.29 is 9.59 Å². The Morgan fingerprint density at radius 3 is 2.42 bits per heavy atom. The first kappa shape index (κ1) is 18.9. The van der Waals surface area contributed by atoms with Crippen molar-refractivity contribution >= 4 is 17.5 Å². The van der Waals surface area contributed by atoms with Crippen LogP contribution in [0, 0.1) is 6.92 Å². The van der Waals surface area contributed by atoms with E-state index in [0.717, 1.165) is 63.4 Å². The SMILES string of the molecule is Cc1cccc(NC(=O)C(C)N2CCN(CC(=O)N3CCCC3)CC2)c1. The molecule has 6 nitrogen and oxygen atoms in total. The van der Waals surface area contributed by atoms with Gasteiger partial charge in [0.15, 0.2) is 0 Å². The maximum Gasteiger partial charge on any atom is 0.241 e. The lowest BCUT2D eigenvalue weighted by Crippen LogP contribution is -2.54. The number of rotatable bonds is 5. The summed E-state index contributed by atoms with van der Waals surface area (Å²) in [5, 5.41) is 3.01. The molecule has 6 heteroatoms. The van der Waals surface area contributed by atoms with Crippen LogP contribution in [0.5, 0.6) is 0 Å². The second-order valence-corrected chi connectivity index (χ2v) is 7.43. The summed E-state index contributed by atoms with van der Waals surface area (Å²) in [6, 6.07) is 7.69. The molecule has 1 unspecified atom stereocenters. The van der Waals surface area contributed by atoms with Crippen molar-refractivity contribution in [1.82, 2.24) is 14.7 Å². The minimum Gasteiger partial charge on any atom is -0.342 e. The summed E-state index contributed by atoms with van der Waals surface area (Å²) in [5.74, 6) is 0.276. The Kier molecular flexibility index (Phi) is 6.27. The van der Waals surface area contributed by atoms with Crippen LogP contribution < -0.4 is 5.32 Å². The molecule has 0 aliphatic carbocycles. The number of piperazine rings is 1. The number of amides is 2. The number of hydrogen-bond acceptors (Lipinski definition) is 4. The average molecular weight is 358 g/mol. The summed E-state index contributed by atoms with van der Waals surface area (Å²) in [4.78, 5) is 31.2. The molecule has 2 saturated heterocycles. The van der Waals surface area contributed by atoms with Gasteiger partial charge >= 0.3 is 0 Å². The van der Waals surface area contributed by atoms with Crippen LogP contribution >= 0.6 is 0 Å². The molecular formula is C20H30N4O2. The first-order valence-electron chi connectivity index (χ1n) is 9.64. The molecule has 2 aliphatic heterocycles. The van der Waals surface area contributed by atoms with Gasteiger partial charge in [-0.05, 0) is 44.4 Å². The molecule has 1 atom stereocenters. The maximum atomic E-state index is 12.5. The highest BCUT2D eigenvalue weighted by molar-refractivity contribution is 5.94. The molecule has 3 rings (SSSR count). The normalized spacial score (nSPS) is 20.2. The molecule has 0 aromatic heterocycles. The fourth-order valence-corrected chi connectivity index (χ4v) is 3.70. The van der Waals surface area contributed by atoms with Gasteiger partial charge in [-0.25, -0.2) is 0 Å². The van der Waals surface area contributed by atoms with Crippen molar-refractivity contribution in [2.75, 3.05) is 51.1 Å². The lowest BCUT2D eigenvalue weighted by Gasteiger charge is -2.37. The molecule has 142 valence electrons. The third-order valence-corrected chi connectivity index (χ3v) is 5.44. The second-order valence-electron chi connectivity index (χ2n) is 7.43. The number of carbonyl (C=O) groups is 2. The lowest BCUT2D eigenvalue weighted by molar-refractivity contribution is -0.132. The number of aryl methyl sites for hydroxylation is 1. The van der Waals surface area contributed by atoms with Gasteiger partial charge in [-0.1, -0.05) is 12.1 Å². The standard InChI is InChI=1S/C20H30N4O2/c1-16-6-5-7-18(14-16)21-20(26)17(2)23-12-10-22(11-13-23)15-19(25)24-8-3-4-9-24/h5-7,14,17H,3-4,8-13,15H2,1-2H3,(H,21,26). The summed E-state index contributed by atoms with van der Waals surface area (Å²) < 4.78 is 0. The maximum absolute atomic E-state index is 12.5. The Labute approximate surface area is 156 Å². The minimum absolute atomic E-state index is 0.0252. The predicted molar refractivity (Wildman–Crippen MR) is 103 cm³/mol. The molecule has 0 saturated carbocycles. The van der Waals surface area contributed by atoms with Gasteiger partial charge in [-0.2, -0.15) is 0 Å². The summed E-state index contributed by atoms with van der Waals surface area (Å²) in [5.41, 5.74) is 1.98. The quantitative estimate of drug-likeness (QED) is 0.868. The first-order chi connectivity index (χ1) is 12.5. The zero-order chi connectivity index (χ0) is 18.5. The van der Waals surface area contributed by atoms with Crippen LogP contribution in [-0.4, -0.2) is 78.4 Å². The molecule has 1 aromatic rings. The highest BCUT2D eigenvalue weighted by Gasteiger charge is 2.27. The molecule has 0 spiro atoms. The summed E-state index contributed by atoms with van der Waals surface area (Å²) in [7, 11) is 0. The summed E-state index contributed by atoms with van der Waals surface area (Å²) in [6.07, 6.45) is 2.26. The summed E-state index contributed by atoms with van der Waals surface area (Å²) in [6.45, 7) is 9.61. The van der Waals surface area contributed by atoms with Crippen LogP contribution in [0.2, 0.25) is 0 Å². The average Bonchev–Trinajstić information content (AvgIpc) is 3.16. The van der Waals surface area contributed by atoms with Crippen LogP contribution in [0.1, 0.15) is 25.3 Å². The zero-order valence-corrected chi connectivity index (χ0v) is 15.9. The van der Waals surface area contributed by atoms with Crippen molar-refractivity contribution in [3.63, 3.8) is 0 Å². The second kappa shape index (κ2) is 8.64. The van der Waals surface area contributed by atoms with E-state index < -0.39 is 0 Å². The summed E-state index contributed by atoms with van der Waals surface area (Å²) >= 11 is 0. The Bertz CT molecular complexity index is 634. The van der Waals surface area contributed by atoms with E-state index in [9.17, 15) is 9.59 Å². The van der Waals surface area contributed by atoms with E-state index in [0.29, 0.717) is 6.54 Å². The van der Waals surface area contributed by atoms with Gasteiger partial charge in [0.25, 0.3) is 0 Å². The third kappa shape index (κ3) is 4.83. The van der Waals surface area contributed by atoms with E-state index in [1.807, 2.05) is 43.0 Å². The Morgan fingerprint density at radius 1 is 1.08 bits per heavy atom. The van der Waals surface area contributed by atoms with Crippen LogP contribution in [0.25, 0.3) is 0 Å². The topological polar surface area (TPSA) is 55.9 Å². The molecule has 26 heavy (non-hydrogen) atoms. The number of carbonyl (C=O) groups excluding carboxylic acids is 2. The predicted octanol–water partition coefficient (Wildman–Crippen LogP) is 1.56. The van der Waals surface area contributed by atoms with Crippen LogP contribution in [0.3, 0.4) is 0 Å². The van der Waals surface area contributed by atoms with E-state index in [-0.39, 0.29) is 17.9 Å². The van der Waals surface area contributed by atoms with Crippen LogP contribution in [0.15, 0.2) is 24.3 Å². The van der Waals surface area contributed by atoms with Crippen LogP contribution in [-0.2, 0) is 9.59 Å². The van der Waals surface area contributed by atoms with Gasteiger partial charge in [0.2, 0.25) is 11.8 Å². The molecule has 2 amide bonds. The van der Waals surface area contributed by atoms with Crippen molar-refractivity contribution in [1.29, 1.82) is 0 Å². The number of hydrogen-bond donors (Lipinski definition) is 1. The Balaban J connectivity index is 1.44. The van der Waals surface area contributed by atoms with Gasteiger partial charge in [0.05, 0.1) is 12.6 Å². The van der Waals surface area contributed by atoms with E-state index in [2.05, 4.69) is 15.1 Å². The number of anilines is 1. The molecule has 2 fully saturated rings. The molecule has 0 bridgehead atoms. The smallest absolute Gasteiger partial charge is 0.241 e. The van der Waals surface area contributed by atoms with Gasteiger partial charge < -0.3 is 10.2 Å². The highest BCUT2D eigenvalue weighted by Crippen LogP contribution is 2.13. The van der Waals surface area contributed by atoms with Gasteiger partial charge in [0, 0.05) is 45.0 Å². The first-order valence-corrected chi connectivity index (χ1v) is 9.64. The molecule has 0 radical (unpaired) electrons. The van der Waals surface area contributed by atoms with Gasteiger partial charge in [-0.15, -0.1) is 0 Å². The van der Waals surface area contributed by atoms with Crippen LogP contribution in [0.4, 0.5) is 5.69 Å². The molecule has 2 heterocycles. The van der Waals surface area contributed by atoms with Crippen molar-refractivity contribution in [3.05, 3.63) is 29.8 Å². The van der Waals surface area contributed by atoms with Crippen molar-refractivity contribution in [2.45, 2.75) is 32.7 Å².